The smallest absolute Gasteiger partial charge is 0.160 e. The molecule has 2 unspecified atom stereocenters. The number of thioether (sulfide) groups is 1. The molecule has 0 saturated heterocycles. The SMILES string of the molecule is C1=C(c2ccccc2)NC(c2ccncc2)C=C1C1/C=C/Sc2cc(-c3cc(-c4ccccc4)nc(-c4ccccc4)n3)ccc2-c2ccccc2-c2ccccc2/C=C/C1. The Bertz CT molecular complexity index is 2880. The summed E-state index contributed by atoms with van der Waals surface area (Å²) in [6, 6.07) is 61.9. The van der Waals surface area contributed by atoms with Gasteiger partial charge in [-0.1, -0.05) is 188 Å². The van der Waals surface area contributed by atoms with E-state index in [0.29, 0.717) is 5.82 Å². The molecule has 0 bridgehead atoms. The number of benzene rings is 6. The Balaban J connectivity index is 1.12. The predicted octanol–water partition coefficient (Wildman–Crippen LogP) is 14.2. The Hall–Kier alpha value is -7.34. The highest BCUT2D eigenvalue weighted by atomic mass is 32.2. The molecule has 2 aliphatic rings. The molecule has 0 fully saturated rings. The van der Waals surface area contributed by atoms with Crippen LogP contribution in [0.5, 0.6) is 0 Å². The number of nitrogens with one attached hydrogen (secondary N) is 1. The first kappa shape index (κ1) is 37.9. The normalized spacial score (nSPS) is 17.0. The van der Waals surface area contributed by atoms with Crippen LogP contribution in [0.2, 0.25) is 0 Å². The van der Waals surface area contributed by atoms with Crippen molar-refractivity contribution in [3.05, 3.63) is 240 Å². The van der Waals surface area contributed by atoms with Gasteiger partial charge in [0.1, 0.15) is 0 Å². The lowest BCUT2D eigenvalue weighted by Gasteiger charge is -2.27. The molecule has 61 heavy (non-hydrogen) atoms. The minimum atomic E-state index is 0.000693. The van der Waals surface area contributed by atoms with Crippen LogP contribution in [-0.4, -0.2) is 15.0 Å². The molecule has 2 aromatic heterocycles. The number of hydrogen-bond acceptors (Lipinski definition) is 5. The van der Waals surface area contributed by atoms with Crippen LogP contribution < -0.4 is 5.32 Å². The predicted molar refractivity (Wildman–Crippen MR) is 254 cm³/mol. The topological polar surface area (TPSA) is 50.7 Å². The minimum Gasteiger partial charge on any atom is -0.374 e. The molecule has 10 rings (SSSR count). The maximum atomic E-state index is 5.20. The van der Waals surface area contributed by atoms with Gasteiger partial charge < -0.3 is 5.32 Å². The van der Waals surface area contributed by atoms with Crippen LogP contribution in [-0.2, 0) is 0 Å². The number of aromatic nitrogens is 3. The van der Waals surface area contributed by atoms with Gasteiger partial charge in [-0.3, -0.25) is 4.98 Å². The summed E-state index contributed by atoms with van der Waals surface area (Å²) in [7, 11) is 0. The fourth-order valence-corrected chi connectivity index (χ4v) is 9.12. The van der Waals surface area contributed by atoms with E-state index < -0.39 is 0 Å². The largest absolute Gasteiger partial charge is 0.374 e. The molecule has 0 spiro atoms. The fourth-order valence-electron chi connectivity index (χ4n) is 8.21. The molecule has 292 valence electrons. The summed E-state index contributed by atoms with van der Waals surface area (Å²) < 4.78 is 0. The highest BCUT2D eigenvalue weighted by molar-refractivity contribution is 8.02. The first-order valence-electron chi connectivity index (χ1n) is 20.7. The number of dihydropyridines is 1. The van der Waals surface area contributed by atoms with Crippen molar-refractivity contribution in [2.24, 2.45) is 5.92 Å². The molecular formula is C56H42N4S. The molecule has 0 aliphatic carbocycles. The van der Waals surface area contributed by atoms with Gasteiger partial charge in [0.15, 0.2) is 5.82 Å². The first-order valence-corrected chi connectivity index (χ1v) is 21.6. The molecule has 1 N–H and O–H groups in total. The van der Waals surface area contributed by atoms with Crippen LogP contribution in [0, 0.1) is 5.92 Å². The van der Waals surface area contributed by atoms with Crippen molar-refractivity contribution in [1.29, 1.82) is 0 Å². The Morgan fingerprint density at radius 1 is 0.541 bits per heavy atom. The molecule has 0 saturated carbocycles. The molecule has 4 nitrogen and oxygen atoms in total. The number of allylic oxidation sites excluding steroid dienone is 4. The zero-order chi connectivity index (χ0) is 40.8. The Kier molecular flexibility index (Phi) is 10.9. The Labute approximate surface area is 361 Å². The van der Waals surface area contributed by atoms with Crippen molar-refractivity contribution in [2.75, 3.05) is 0 Å². The number of rotatable bonds is 6. The van der Waals surface area contributed by atoms with Gasteiger partial charge in [0.2, 0.25) is 0 Å². The van der Waals surface area contributed by atoms with Crippen LogP contribution >= 0.6 is 11.8 Å². The van der Waals surface area contributed by atoms with Crippen molar-refractivity contribution in [1.82, 2.24) is 20.3 Å². The van der Waals surface area contributed by atoms with Gasteiger partial charge >= 0.3 is 0 Å². The van der Waals surface area contributed by atoms with E-state index in [9.17, 15) is 0 Å². The van der Waals surface area contributed by atoms with Crippen molar-refractivity contribution in [2.45, 2.75) is 17.4 Å². The van der Waals surface area contributed by atoms with Gasteiger partial charge in [0.05, 0.1) is 17.4 Å². The van der Waals surface area contributed by atoms with Crippen LogP contribution in [0.25, 0.3) is 67.9 Å². The van der Waals surface area contributed by atoms with Crippen molar-refractivity contribution < 1.29 is 0 Å². The van der Waals surface area contributed by atoms with E-state index in [2.05, 4.69) is 198 Å². The van der Waals surface area contributed by atoms with Crippen molar-refractivity contribution in [3.63, 3.8) is 0 Å². The lowest BCUT2D eigenvalue weighted by molar-refractivity contribution is 0.714. The summed E-state index contributed by atoms with van der Waals surface area (Å²) in [6.45, 7) is 0. The third-order valence-electron chi connectivity index (χ3n) is 11.3. The average molecular weight is 803 g/mol. The number of fused-ring (bicyclic) bond motifs is 5. The molecule has 2 aliphatic heterocycles. The van der Waals surface area contributed by atoms with Gasteiger partial charge in [0, 0.05) is 45.6 Å². The average Bonchev–Trinajstić information content (AvgIpc) is 3.35. The molecule has 0 radical (unpaired) electrons. The molecule has 5 heteroatoms. The Morgan fingerprint density at radius 2 is 1.16 bits per heavy atom. The third-order valence-corrected chi connectivity index (χ3v) is 12.2. The number of hydrogen-bond donors (Lipinski definition) is 1. The second kappa shape index (κ2) is 17.5. The Morgan fingerprint density at radius 3 is 1.90 bits per heavy atom. The fraction of sp³-hybridized carbons (Fsp3) is 0.0536. The van der Waals surface area contributed by atoms with Crippen LogP contribution in [0.4, 0.5) is 0 Å². The van der Waals surface area contributed by atoms with Crippen molar-refractivity contribution >= 4 is 23.5 Å². The summed E-state index contributed by atoms with van der Waals surface area (Å²) in [6.07, 6.45) is 16.3. The summed E-state index contributed by atoms with van der Waals surface area (Å²) in [5, 5.41) is 6.11. The highest BCUT2D eigenvalue weighted by Crippen LogP contribution is 2.43. The molecule has 0 amide bonds. The maximum absolute atomic E-state index is 5.20. The van der Waals surface area contributed by atoms with E-state index in [0.717, 1.165) is 50.7 Å². The number of pyridine rings is 1. The van der Waals surface area contributed by atoms with E-state index >= 15 is 0 Å². The van der Waals surface area contributed by atoms with Gasteiger partial charge in [-0.05, 0) is 86.7 Å². The van der Waals surface area contributed by atoms with E-state index in [1.54, 1.807) is 11.8 Å². The lowest BCUT2D eigenvalue weighted by atomic mass is 9.87. The number of nitrogens with zero attached hydrogens (tertiary/aromatic N) is 3. The highest BCUT2D eigenvalue weighted by Gasteiger charge is 2.22. The third kappa shape index (κ3) is 8.29. The summed E-state index contributed by atoms with van der Waals surface area (Å²) in [5.74, 6) is 0.814. The zero-order valence-electron chi connectivity index (χ0n) is 33.5. The van der Waals surface area contributed by atoms with Gasteiger partial charge in [-0.15, -0.1) is 0 Å². The lowest BCUT2D eigenvalue weighted by Crippen LogP contribution is -2.23. The molecule has 2 atom stereocenters. The summed E-state index contributed by atoms with van der Waals surface area (Å²) in [5.41, 5.74) is 15.5. The monoisotopic (exact) mass is 802 g/mol. The maximum Gasteiger partial charge on any atom is 0.160 e. The van der Waals surface area contributed by atoms with E-state index in [-0.39, 0.29) is 12.0 Å². The second-order valence-corrected chi connectivity index (χ2v) is 16.2. The van der Waals surface area contributed by atoms with Crippen LogP contribution in [0.3, 0.4) is 0 Å². The second-order valence-electron chi connectivity index (χ2n) is 15.2. The molecule has 4 heterocycles. The van der Waals surface area contributed by atoms with Gasteiger partial charge in [0.25, 0.3) is 0 Å². The summed E-state index contributed by atoms with van der Waals surface area (Å²) >= 11 is 1.77. The van der Waals surface area contributed by atoms with Crippen LogP contribution in [0.1, 0.15) is 29.2 Å². The van der Waals surface area contributed by atoms with Crippen molar-refractivity contribution in [3.8, 4) is 56.2 Å². The quantitative estimate of drug-likeness (QED) is 0.181. The standard InChI is InChI=1S/C56H42N4S/c1-4-16-41(17-5-1)51-35-46(36-52(58-51)43-29-32-57-33-30-43)39-22-14-23-40-15-10-11-24-47(40)48-25-12-13-26-49(48)50-28-27-45(37-55(50)61-34-31-39)54-38-53(42-18-6-2-7-19-42)59-56(60-54)44-20-8-3-9-21-44/h1-21,23-39,52,58H,22H2/b23-14+,34-31+. The van der Waals surface area contributed by atoms with E-state index in [1.807, 2.05) is 36.7 Å². The molecule has 6 aromatic carbocycles. The van der Waals surface area contributed by atoms with Crippen LogP contribution in [0.15, 0.2) is 228 Å². The zero-order valence-corrected chi connectivity index (χ0v) is 34.3. The molecule has 8 aromatic rings. The first-order chi connectivity index (χ1) is 30.2. The summed E-state index contributed by atoms with van der Waals surface area (Å²) in [4.78, 5) is 15.7. The van der Waals surface area contributed by atoms with E-state index in [1.165, 1.54) is 39.0 Å². The van der Waals surface area contributed by atoms with Gasteiger partial charge in [-0.2, -0.15) is 0 Å². The van der Waals surface area contributed by atoms with Gasteiger partial charge in [-0.25, -0.2) is 9.97 Å². The van der Waals surface area contributed by atoms with E-state index in [4.69, 9.17) is 9.97 Å². The molecular weight excluding hydrogens is 761 g/mol. The minimum absolute atomic E-state index is 0.000693.